The van der Waals surface area contributed by atoms with Crippen molar-refractivity contribution in [3.8, 4) is 17.0 Å². The maximum atomic E-state index is 12.6. The van der Waals surface area contributed by atoms with Crippen LogP contribution in [-0.2, 0) is 20.1 Å². The Balaban J connectivity index is 1.41. The van der Waals surface area contributed by atoms with Gasteiger partial charge in [-0.05, 0) is 47.2 Å². The summed E-state index contributed by atoms with van der Waals surface area (Å²) in [6.07, 6.45) is 3.58. The Morgan fingerprint density at radius 2 is 1.83 bits per heavy atom. The van der Waals surface area contributed by atoms with Gasteiger partial charge in [0.2, 0.25) is 5.88 Å². The van der Waals surface area contributed by atoms with E-state index in [0.29, 0.717) is 29.7 Å². The normalized spacial score (nSPS) is 15.8. The molecule has 6 nitrogen and oxygen atoms in total. The number of aromatic hydroxyl groups is 1. The summed E-state index contributed by atoms with van der Waals surface area (Å²) in [5, 5.41) is 10.2. The van der Waals surface area contributed by atoms with E-state index in [0.717, 1.165) is 35.1 Å². The first-order valence-corrected chi connectivity index (χ1v) is 9.98. The van der Waals surface area contributed by atoms with Crippen LogP contribution in [0, 0.1) is 0 Å². The molecule has 1 fully saturated rings. The monoisotopic (exact) mass is 409 g/mol. The van der Waals surface area contributed by atoms with Gasteiger partial charge in [-0.25, -0.2) is 4.79 Å². The highest BCUT2D eigenvalue weighted by molar-refractivity contribution is 6.34. The quantitative estimate of drug-likeness (QED) is 0.718. The number of hydrogen-bond donors (Lipinski definition) is 1. The summed E-state index contributed by atoms with van der Waals surface area (Å²) in [6.45, 7) is 1.01. The molecule has 0 saturated heterocycles. The third kappa shape index (κ3) is 3.04. The van der Waals surface area contributed by atoms with Gasteiger partial charge in [0, 0.05) is 19.6 Å². The lowest BCUT2D eigenvalue weighted by molar-refractivity contribution is 0.0767. The molecule has 0 bridgehead atoms. The Morgan fingerprint density at radius 1 is 1.10 bits per heavy atom. The summed E-state index contributed by atoms with van der Waals surface area (Å²) in [4.78, 5) is 26.6. The van der Waals surface area contributed by atoms with E-state index in [1.165, 1.54) is 22.4 Å². The van der Waals surface area contributed by atoms with Crippen molar-refractivity contribution in [3.05, 3.63) is 74.8 Å². The van der Waals surface area contributed by atoms with E-state index in [1.54, 1.807) is 0 Å². The molecule has 148 valence electrons. The molecule has 1 N–H and O–H groups in total. The molecule has 1 aromatic heterocycles. The molecule has 0 radical (unpaired) electrons. The van der Waals surface area contributed by atoms with Gasteiger partial charge in [0.15, 0.2) is 0 Å². The van der Waals surface area contributed by atoms with Crippen LogP contribution in [0.4, 0.5) is 0 Å². The number of carbonyl (C=O) groups excluding carboxylic acids is 1. The third-order valence-electron chi connectivity index (χ3n) is 5.76. The number of carbonyl (C=O) groups is 1. The largest absolute Gasteiger partial charge is 0.493 e. The lowest BCUT2D eigenvalue weighted by Gasteiger charge is -2.13. The van der Waals surface area contributed by atoms with Crippen molar-refractivity contribution < 1.29 is 9.90 Å². The van der Waals surface area contributed by atoms with Crippen LogP contribution < -0.4 is 5.69 Å². The second kappa shape index (κ2) is 6.52. The summed E-state index contributed by atoms with van der Waals surface area (Å²) in [6, 6.07) is 12.1. The zero-order chi connectivity index (χ0) is 20.3. The molecule has 3 aromatic rings. The number of fused-ring (bicyclic) bond motifs is 1. The van der Waals surface area contributed by atoms with Crippen molar-refractivity contribution in [1.29, 1.82) is 0 Å². The van der Waals surface area contributed by atoms with Crippen LogP contribution in [0.2, 0.25) is 5.02 Å². The molecule has 1 amide bonds. The van der Waals surface area contributed by atoms with Gasteiger partial charge >= 0.3 is 5.69 Å². The van der Waals surface area contributed by atoms with Crippen molar-refractivity contribution in [2.24, 2.45) is 7.05 Å². The van der Waals surface area contributed by atoms with E-state index in [-0.39, 0.29) is 17.5 Å². The van der Waals surface area contributed by atoms with E-state index >= 15 is 0 Å². The van der Waals surface area contributed by atoms with Crippen LogP contribution in [-0.4, -0.2) is 31.1 Å². The van der Waals surface area contributed by atoms with Crippen molar-refractivity contribution in [2.45, 2.75) is 32.0 Å². The zero-order valence-electron chi connectivity index (χ0n) is 15.9. The Kier molecular flexibility index (Phi) is 4.06. The summed E-state index contributed by atoms with van der Waals surface area (Å²) in [7, 11) is 1.53. The molecule has 1 saturated carbocycles. The number of rotatable bonds is 4. The predicted molar refractivity (Wildman–Crippen MR) is 110 cm³/mol. The lowest BCUT2D eigenvalue weighted by Crippen LogP contribution is -2.25. The van der Waals surface area contributed by atoms with E-state index in [1.807, 2.05) is 35.2 Å². The summed E-state index contributed by atoms with van der Waals surface area (Å²) in [5.74, 6) is -0.0138. The van der Waals surface area contributed by atoms with E-state index in [2.05, 4.69) is 6.07 Å². The van der Waals surface area contributed by atoms with E-state index in [4.69, 9.17) is 11.6 Å². The fourth-order valence-corrected chi connectivity index (χ4v) is 4.28. The number of benzene rings is 2. The van der Waals surface area contributed by atoms with E-state index < -0.39 is 0 Å². The number of hydrogen-bond acceptors (Lipinski definition) is 3. The second-order valence-electron chi connectivity index (χ2n) is 7.81. The summed E-state index contributed by atoms with van der Waals surface area (Å²) >= 11 is 6.47. The third-order valence-corrected chi connectivity index (χ3v) is 6.06. The maximum absolute atomic E-state index is 12.6. The summed E-state index contributed by atoms with van der Waals surface area (Å²) < 4.78 is 2.67. The van der Waals surface area contributed by atoms with Gasteiger partial charge in [-0.2, -0.15) is 0 Å². The molecule has 2 heterocycles. The van der Waals surface area contributed by atoms with Crippen LogP contribution in [0.25, 0.3) is 11.1 Å². The standard InChI is InChI=1S/C22H20ClN3O3/c1-24-19(27)12-25(22(24)29)10-13-2-4-14(5-3-13)15-8-16-11-26(17-6-7-17)21(28)20(16)18(23)9-15/h2-5,8-9,12,17,27H,6-7,10-11H2,1H3. The molecule has 2 aromatic carbocycles. The number of halogens is 1. The van der Waals surface area contributed by atoms with Crippen molar-refractivity contribution in [1.82, 2.24) is 14.0 Å². The lowest BCUT2D eigenvalue weighted by atomic mass is 9.99. The topological polar surface area (TPSA) is 67.5 Å². The van der Waals surface area contributed by atoms with Crippen LogP contribution in [0.15, 0.2) is 47.4 Å². The highest BCUT2D eigenvalue weighted by atomic mass is 35.5. The molecule has 1 aliphatic heterocycles. The first-order chi connectivity index (χ1) is 13.9. The predicted octanol–water partition coefficient (Wildman–Crippen LogP) is 3.38. The van der Waals surface area contributed by atoms with Gasteiger partial charge in [-0.3, -0.25) is 13.9 Å². The fourth-order valence-electron chi connectivity index (χ4n) is 3.96. The van der Waals surface area contributed by atoms with Crippen LogP contribution in [0.5, 0.6) is 5.88 Å². The molecule has 0 atom stereocenters. The number of amides is 1. The average Bonchev–Trinajstić information content (AvgIpc) is 3.45. The molecule has 29 heavy (non-hydrogen) atoms. The Morgan fingerprint density at radius 3 is 2.45 bits per heavy atom. The van der Waals surface area contributed by atoms with Crippen molar-refractivity contribution in [2.75, 3.05) is 0 Å². The Hall–Kier alpha value is -2.99. The molecule has 1 aliphatic carbocycles. The minimum atomic E-state index is -0.262. The highest BCUT2D eigenvalue weighted by Crippen LogP contribution is 2.39. The molecule has 5 rings (SSSR count). The maximum Gasteiger partial charge on any atom is 0.331 e. The molecule has 0 unspecified atom stereocenters. The SMILES string of the molecule is Cn1c(O)cn(Cc2ccc(-c3cc(Cl)c4c(c3)CN(C3CC3)C4=O)cc2)c1=O. The van der Waals surface area contributed by atoms with Crippen molar-refractivity contribution >= 4 is 17.5 Å². The molecule has 7 heteroatoms. The average molecular weight is 410 g/mol. The zero-order valence-corrected chi connectivity index (χ0v) is 16.7. The molecular formula is C22H20ClN3O3. The van der Waals surface area contributed by atoms with Crippen LogP contribution in [0.3, 0.4) is 0 Å². The van der Waals surface area contributed by atoms with Gasteiger partial charge in [0.1, 0.15) is 0 Å². The van der Waals surface area contributed by atoms with Gasteiger partial charge < -0.3 is 10.0 Å². The molecule has 2 aliphatic rings. The minimum absolute atomic E-state index is 0.0472. The summed E-state index contributed by atoms with van der Waals surface area (Å²) in [5.41, 5.74) is 4.28. The molecule has 0 spiro atoms. The number of imidazole rings is 1. The van der Waals surface area contributed by atoms with Gasteiger partial charge in [0.25, 0.3) is 5.91 Å². The van der Waals surface area contributed by atoms with Crippen molar-refractivity contribution in [3.63, 3.8) is 0 Å². The van der Waals surface area contributed by atoms with E-state index in [9.17, 15) is 14.7 Å². The van der Waals surface area contributed by atoms with Crippen LogP contribution in [0.1, 0.15) is 34.3 Å². The van der Waals surface area contributed by atoms with Gasteiger partial charge in [0.05, 0.1) is 23.3 Å². The molecular weight excluding hydrogens is 390 g/mol. The van der Waals surface area contributed by atoms with Crippen LogP contribution >= 0.6 is 11.6 Å². The Bertz CT molecular complexity index is 1190. The number of nitrogens with zero attached hydrogens (tertiary/aromatic N) is 3. The second-order valence-corrected chi connectivity index (χ2v) is 8.22. The fraction of sp³-hybridized carbons (Fsp3) is 0.273. The first kappa shape index (κ1) is 18.1. The van der Waals surface area contributed by atoms with Gasteiger partial charge in [-0.1, -0.05) is 35.9 Å². The number of aromatic nitrogens is 2. The van der Waals surface area contributed by atoms with Gasteiger partial charge in [-0.15, -0.1) is 0 Å². The highest BCUT2D eigenvalue weighted by Gasteiger charge is 2.39. The Labute approximate surface area is 172 Å². The first-order valence-electron chi connectivity index (χ1n) is 9.60. The smallest absolute Gasteiger partial charge is 0.331 e. The minimum Gasteiger partial charge on any atom is -0.493 e.